The number of aromatic nitrogens is 2. The summed E-state index contributed by atoms with van der Waals surface area (Å²) in [4.78, 5) is 2.43. The van der Waals surface area contributed by atoms with Gasteiger partial charge in [-0.3, -0.25) is 9.67 Å². The van der Waals surface area contributed by atoms with Gasteiger partial charge in [0.05, 0.1) is 17.6 Å². The number of aliphatic hydroxyl groups is 1. The molecule has 0 saturated heterocycles. The predicted octanol–water partition coefficient (Wildman–Crippen LogP) is 2.50. The molecule has 0 aliphatic heterocycles. The van der Waals surface area contributed by atoms with Crippen LogP contribution in [-0.4, -0.2) is 48.0 Å². The summed E-state index contributed by atoms with van der Waals surface area (Å²) in [7, 11) is -4.38. The van der Waals surface area contributed by atoms with Gasteiger partial charge in [0.25, 0.3) is 15.8 Å². The minimum Gasteiger partial charge on any atom is -0.382 e. The minimum absolute atomic E-state index is 0.102. The highest BCUT2D eigenvalue weighted by Crippen LogP contribution is 2.48. The fraction of sp³-hybridized carbons (Fsp3) is 0.375. The number of hydrogen-bond acceptors (Lipinski definition) is 5. The Morgan fingerprint density at radius 1 is 1.39 bits per heavy atom. The Bertz CT molecular complexity index is 1040. The van der Waals surface area contributed by atoms with E-state index in [0.29, 0.717) is 11.6 Å². The molecule has 2 aromatic rings. The van der Waals surface area contributed by atoms with Gasteiger partial charge in [0.2, 0.25) is 0 Å². The Kier molecular flexibility index (Phi) is 4.82. The Morgan fingerprint density at radius 2 is 2.07 bits per heavy atom. The molecule has 1 aliphatic rings. The van der Waals surface area contributed by atoms with Crippen molar-refractivity contribution in [2.24, 2.45) is 4.99 Å². The van der Waals surface area contributed by atoms with Gasteiger partial charge in [-0.15, -0.1) is 0 Å². The number of aliphatic imine (C=N–C) groups is 1. The molecule has 1 aromatic carbocycles. The van der Waals surface area contributed by atoms with E-state index in [-0.39, 0.29) is 17.7 Å². The molecule has 152 valence electrons. The first-order chi connectivity index (χ1) is 12.9. The average Bonchev–Trinajstić information content (AvgIpc) is 3.10. The first-order valence-corrected chi connectivity index (χ1v) is 9.33. The number of rotatable bonds is 4. The van der Waals surface area contributed by atoms with Crippen LogP contribution in [0, 0.1) is 0 Å². The maximum Gasteiger partial charge on any atom is 0.501 e. The van der Waals surface area contributed by atoms with Gasteiger partial charge in [-0.25, -0.2) is 17.2 Å². The summed E-state index contributed by atoms with van der Waals surface area (Å²) in [6.07, 6.45) is 0.729. The van der Waals surface area contributed by atoms with Crippen molar-refractivity contribution in [2.45, 2.75) is 35.4 Å². The second-order valence-corrected chi connectivity index (χ2v) is 8.17. The SMILES string of the molecule is CN=Cc1cnn(Cc2ccc(S(=O)(=O)C(F)(F)F)c3c2CC(F)(F)[C@H]3O)c1. The number of fused-ring (bicyclic) bond motifs is 1. The van der Waals surface area contributed by atoms with E-state index >= 15 is 0 Å². The first kappa shape index (κ1) is 20.4. The van der Waals surface area contributed by atoms with Crippen LogP contribution in [0.5, 0.6) is 0 Å². The second kappa shape index (κ2) is 6.62. The van der Waals surface area contributed by atoms with E-state index in [9.17, 15) is 35.5 Å². The fourth-order valence-corrected chi connectivity index (χ4v) is 4.12. The van der Waals surface area contributed by atoms with Gasteiger partial charge in [0, 0.05) is 37.0 Å². The molecule has 3 rings (SSSR count). The Labute approximate surface area is 156 Å². The van der Waals surface area contributed by atoms with Gasteiger partial charge in [-0.1, -0.05) is 6.07 Å². The van der Waals surface area contributed by atoms with Gasteiger partial charge >= 0.3 is 5.51 Å². The van der Waals surface area contributed by atoms with Crippen LogP contribution in [0.2, 0.25) is 0 Å². The lowest BCUT2D eigenvalue weighted by atomic mass is 10.0. The quantitative estimate of drug-likeness (QED) is 0.605. The van der Waals surface area contributed by atoms with Crippen molar-refractivity contribution in [1.82, 2.24) is 9.78 Å². The summed E-state index contributed by atoms with van der Waals surface area (Å²) < 4.78 is 91.9. The highest BCUT2D eigenvalue weighted by atomic mass is 32.2. The number of halogens is 5. The molecule has 1 N–H and O–H groups in total. The van der Waals surface area contributed by atoms with E-state index in [1.54, 1.807) is 0 Å². The van der Waals surface area contributed by atoms with E-state index in [1.165, 1.54) is 30.3 Å². The van der Waals surface area contributed by atoms with Crippen LogP contribution >= 0.6 is 0 Å². The zero-order valence-electron chi connectivity index (χ0n) is 14.3. The number of nitrogens with zero attached hydrogens (tertiary/aromatic N) is 3. The highest BCUT2D eigenvalue weighted by Gasteiger charge is 2.54. The topological polar surface area (TPSA) is 84.5 Å². The maximum atomic E-state index is 14.1. The van der Waals surface area contributed by atoms with Gasteiger partial charge in [0.1, 0.15) is 6.10 Å². The molecule has 1 atom stereocenters. The first-order valence-electron chi connectivity index (χ1n) is 7.85. The van der Waals surface area contributed by atoms with E-state index in [0.717, 1.165) is 6.07 Å². The van der Waals surface area contributed by atoms with Crippen molar-refractivity contribution in [3.63, 3.8) is 0 Å². The van der Waals surface area contributed by atoms with E-state index < -0.39 is 44.3 Å². The van der Waals surface area contributed by atoms with Crippen molar-refractivity contribution in [1.29, 1.82) is 0 Å². The maximum absolute atomic E-state index is 14.1. The summed E-state index contributed by atoms with van der Waals surface area (Å²) in [6.45, 7) is -0.102. The van der Waals surface area contributed by atoms with Crippen LogP contribution < -0.4 is 0 Å². The van der Waals surface area contributed by atoms with Crippen LogP contribution in [0.25, 0.3) is 0 Å². The molecule has 0 fully saturated rings. The summed E-state index contributed by atoms with van der Waals surface area (Å²) in [5, 5.41) is 13.9. The normalized spacial score (nSPS) is 19.3. The van der Waals surface area contributed by atoms with Crippen LogP contribution in [0.3, 0.4) is 0 Å². The molecule has 28 heavy (non-hydrogen) atoms. The largest absolute Gasteiger partial charge is 0.501 e. The van der Waals surface area contributed by atoms with Crippen LogP contribution in [0.1, 0.15) is 28.4 Å². The van der Waals surface area contributed by atoms with Crippen molar-refractivity contribution in [3.8, 4) is 0 Å². The smallest absolute Gasteiger partial charge is 0.382 e. The number of benzene rings is 1. The van der Waals surface area contributed by atoms with Crippen molar-refractivity contribution < 1.29 is 35.5 Å². The molecule has 0 unspecified atom stereocenters. The number of alkyl halides is 5. The minimum atomic E-state index is -5.91. The molecule has 6 nitrogen and oxygen atoms in total. The Balaban J connectivity index is 2.13. The molecule has 0 radical (unpaired) electrons. The van der Waals surface area contributed by atoms with Crippen molar-refractivity contribution in [3.05, 3.63) is 46.8 Å². The Hall–Kier alpha value is -2.34. The molecular formula is C16H14F5N3O3S. The summed E-state index contributed by atoms with van der Waals surface area (Å²) in [5.41, 5.74) is -6.18. The van der Waals surface area contributed by atoms with E-state index in [1.807, 2.05) is 0 Å². The molecule has 1 aliphatic carbocycles. The summed E-state index contributed by atoms with van der Waals surface area (Å²) in [5.74, 6) is -3.79. The Morgan fingerprint density at radius 3 is 2.68 bits per heavy atom. The number of sulfone groups is 1. The molecule has 0 spiro atoms. The molecule has 0 bridgehead atoms. The average molecular weight is 423 g/mol. The van der Waals surface area contributed by atoms with Crippen LogP contribution in [0.15, 0.2) is 34.4 Å². The van der Waals surface area contributed by atoms with Crippen molar-refractivity contribution >= 4 is 16.1 Å². The zero-order chi connectivity index (χ0) is 20.9. The van der Waals surface area contributed by atoms with Gasteiger partial charge in [0.15, 0.2) is 0 Å². The summed E-state index contributed by atoms with van der Waals surface area (Å²) >= 11 is 0. The molecule has 0 saturated carbocycles. The highest BCUT2D eigenvalue weighted by molar-refractivity contribution is 7.92. The van der Waals surface area contributed by atoms with Gasteiger partial charge < -0.3 is 5.11 Å². The lowest BCUT2D eigenvalue weighted by molar-refractivity contribution is -0.0978. The lowest BCUT2D eigenvalue weighted by Gasteiger charge is -2.17. The molecule has 1 aromatic heterocycles. The second-order valence-electron chi connectivity index (χ2n) is 6.26. The molecular weight excluding hydrogens is 409 g/mol. The molecule has 1 heterocycles. The standard InChI is InChI=1S/C16H14F5N3O3S/c1-22-5-9-6-23-24(7-9)8-10-2-3-12(28(26,27)16(19,20)21)13-11(10)4-15(17,18)14(13)25/h2-3,5-7,14,25H,4,8H2,1H3/t14-/m0/s1. The molecule has 12 heteroatoms. The molecule has 0 amide bonds. The third-order valence-electron chi connectivity index (χ3n) is 4.36. The van der Waals surface area contributed by atoms with Crippen molar-refractivity contribution in [2.75, 3.05) is 7.05 Å². The lowest BCUT2D eigenvalue weighted by Crippen LogP contribution is -2.26. The predicted molar refractivity (Wildman–Crippen MR) is 88.1 cm³/mol. The zero-order valence-corrected chi connectivity index (χ0v) is 15.1. The van der Waals surface area contributed by atoms with Gasteiger partial charge in [-0.05, 0) is 17.2 Å². The number of aliphatic hydroxyl groups excluding tert-OH is 1. The summed E-state index contributed by atoms with van der Waals surface area (Å²) in [6, 6.07) is 1.63. The third-order valence-corrected chi connectivity index (χ3v) is 5.90. The van der Waals surface area contributed by atoms with Gasteiger partial charge in [-0.2, -0.15) is 18.3 Å². The van der Waals surface area contributed by atoms with E-state index in [4.69, 9.17) is 0 Å². The van der Waals surface area contributed by atoms with Crippen LogP contribution in [0.4, 0.5) is 22.0 Å². The fourth-order valence-electron chi connectivity index (χ4n) is 3.10. The monoisotopic (exact) mass is 423 g/mol. The van der Waals surface area contributed by atoms with Crippen LogP contribution in [-0.2, 0) is 22.8 Å². The third kappa shape index (κ3) is 3.30. The van der Waals surface area contributed by atoms with E-state index in [2.05, 4.69) is 10.1 Å². The number of hydrogen-bond donors (Lipinski definition) is 1.